The molecule has 0 fully saturated rings. The molecular formula is C14H10BrF2N3O. The highest BCUT2D eigenvalue weighted by molar-refractivity contribution is 9.10. The Kier molecular flexibility index (Phi) is 3.29. The molecule has 0 bridgehead atoms. The molecule has 0 spiro atoms. The fourth-order valence-electron chi connectivity index (χ4n) is 2.19. The van der Waals surface area contributed by atoms with E-state index in [4.69, 9.17) is 10.5 Å². The van der Waals surface area contributed by atoms with Gasteiger partial charge in [-0.15, -0.1) is 0 Å². The molecule has 1 heterocycles. The minimum absolute atomic E-state index is 0.0381. The summed E-state index contributed by atoms with van der Waals surface area (Å²) >= 11 is 3.29. The second kappa shape index (κ2) is 5.00. The summed E-state index contributed by atoms with van der Waals surface area (Å²) in [6.45, 7) is 0. The van der Waals surface area contributed by atoms with E-state index in [2.05, 4.69) is 20.9 Å². The van der Waals surface area contributed by atoms with Crippen LogP contribution in [0.5, 0.6) is 5.75 Å². The van der Waals surface area contributed by atoms with E-state index in [1.807, 2.05) is 0 Å². The lowest BCUT2D eigenvalue weighted by molar-refractivity contribution is 0.387. The van der Waals surface area contributed by atoms with E-state index >= 15 is 0 Å². The van der Waals surface area contributed by atoms with Gasteiger partial charge < -0.3 is 10.5 Å². The number of para-hydroxylation sites is 1. The normalized spacial score (nSPS) is 11.0. The second-order valence-corrected chi connectivity index (χ2v) is 5.21. The molecule has 0 saturated carbocycles. The van der Waals surface area contributed by atoms with Crippen LogP contribution >= 0.6 is 15.9 Å². The van der Waals surface area contributed by atoms with Gasteiger partial charge >= 0.3 is 0 Å². The molecule has 7 heteroatoms. The zero-order chi connectivity index (χ0) is 15.1. The molecular weight excluding hydrogens is 344 g/mol. The highest BCUT2D eigenvalue weighted by atomic mass is 79.9. The Morgan fingerprint density at radius 1 is 1.24 bits per heavy atom. The number of ether oxygens (including phenoxy) is 1. The van der Waals surface area contributed by atoms with Crippen LogP contribution in [0.25, 0.3) is 16.7 Å². The third-order valence-corrected chi connectivity index (χ3v) is 3.76. The first-order valence-electron chi connectivity index (χ1n) is 5.98. The standard InChI is InChI=1S/C14H10BrF2N3O/c1-21-12-6-11-10(5-9(12)17)19-14(18)20(11)13-7(15)3-2-4-8(13)16/h2-6H,1H3,(H2,18,19). The molecule has 4 nitrogen and oxygen atoms in total. The molecule has 108 valence electrons. The maximum atomic E-state index is 14.1. The smallest absolute Gasteiger partial charge is 0.206 e. The van der Waals surface area contributed by atoms with E-state index in [1.54, 1.807) is 12.1 Å². The van der Waals surface area contributed by atoms with Crippen molar-refractivity contribution in [3.05, 3.63) is 46.4 Å². The van der Waals surface area contributed by atoms with Crippen LogP contribution in [0.15, 0.2) is 34.8 Å². The first-order valence-corrected chi connectivity index (χ1v) is 6.78. The van der Waals surface area contributed by atoms with E-state index in [0.717, 1.165) is 0 Å². The second-order valence-electron chi connectivity index (χ2n) is 4.35. The number of nitrogens with two attached hydrogens (primary N) is 1. The van der Waals surface area contributed by atoms with Crippen molar-refractivity contribution >= 4 is 32.9 Å². The van der Waals surface area contributed by atoms with Gasteiger partial charge in [0.05, 0.1) is 23.8 Å². The molecule has 0 atom stereocenters. The van der Waals surface area contributed by atoms with Gasteiger partial charge in [-0.1, -0.05) is 6.07 Å². The van der Waals surface area contributed by atoms with E-state index in [9.17, 15) is 8.78 Å². The number of hydrogen-bond donors (Lipinski definition) is 1. The van der Waals surface area contributed by atoms with E-state index in [1.165, 1.54) is 29.9 Å². The number of nitrogen functional groups attached to an aromatic ring is 1. The number of imidazole rings is 1. The van der Waals surface area contributed by atoms with Crippen LogP contribution < -0.4 is 10.5 Å². The number of rotatable bonds is 2. The minimum Gasteiger partial charge on any atom is -0.494 e. The van der Waals surface area contributed by atoms with Crippen molar-refractivity contribution in [2.45, 2.75) is 0 Å². The molecule has 0 aliphatic carbocycles. The van der Waals surface area contributed by atoms with Gasteiger partial charge in [-0.25, -0.2) is 13.8 Å². The van der Waals surface area contributed by atoms with Crippen molar-refractivity contribution in [2.24, 2.45) is 0 Å². The van der Waals surface area contributed by atoms with Crippen molar-refractivity contribution in [1.82, 2.24) is 9.55 Å². The number of benzene rings is 2. The topological polar surface area (TPSA) is 53.1 Å². The number of methoxy groups -OCH3 is 1. The summed E-state index contributed by atoms with van der Waals surface area (Å²) in [4.78, 5) is 4.07. The maximum absolute atomic E-state index is 14.1. The third-order valence-electron chi connectivity index (χ3n) is 3.12. The number of fused-ring (bicyclic) bond motifs is 1. The Bertz CT molecular complexity index is 828. The van der Waals surface area contributed by atoms with E-state index < -0.39 is 11.6 Å². The van der Waals surface area contributed by atoms with Crippen LogP contribution in [0.3, 0.4) is 0 Å². The summed E-state index contributed by atoms with van der Waals surface area (Å²) in [6.07, 6.45) is 0. The summed E-state index contributed by atoms with van der Waals surface area (Å²) in [6, 6.07) is 7.21. The number of anilines is 1. The predicted molar refractivity (Wildman–Crippen MR) is 79.7 cm³/mol. The number of halogens is 3. The van der Waals surface area contributed by atoms with Crippen LogP contribution in [0.1, 0.15) is 0 Å². The third kappa shape index (κ3) is 2.13. The van der Waals surface area contributed by atoms with E-state index in [0.29, 0.717) is 15.5 Å². The molecule has 3 aromatic rings. The molecule has 21 heavy (non-hydrogen) atoms. The summed E-state index contributed by atoms with van der Waals surface area (Å²) in [7, 11) is 1.35. The fourth-order valence-corrected chi connectivity index (χ4v) is 2.71. The molecule has 3 rings (SSSR count). The summed E-state index contributed by atoms with van der Waals surface area (Å²) in [5.74, 6) is -0.930. The fraction of sp³-hybridized carbons (Fsp3) is 0.0714. The first kappa shape index (κ1) is 13.8. The molecule has 0 amide bonds. The van der Waals surface area contributed by atoms with Crippen LogP contribution in [-0.2, 0) is 0 Å². The molecule has 0 radical (unpaired) electrons. The Labute approximate surface area is 127 Å². The van der Waals surface area contributed by atoms with Crippen LogP contribution in [0.4, 0.5) is 14.7 Å². The van der Waals surface area contributed by atoms with Gasteiger partial charge in [0, 0.05) is 16.6 Å². The number of nitrogens with zero attached hydrogens (tertiary/aromatic N) is 2. The number of hydrogen-bond acceptors (Lipinski definition) is 3. The Hall–Kier alpha value is -2.15. The van der Waals surface area contributed by atoms with Gasteiger partial charge in [-0.3, -0.25) is 4.57 Å². The van der Waals surface area contributed by atoms with Crippen LogP contribution in [0.2, 0.25) is 0 Å². The summed E-state index contributed by atoms with van der Waals surface area (Å²) in [5, 5.41) is 0. The molecule has 0 unspecified atom stereocenters. The SMILES string of the molecule is COc1cc2c(cc1F)nc(N)n2-c1c(F)cccc1Br. The molecule has 0 aliphatic heterocycles. The van der Waals surface area contributed by atoms with Crippen molar-refractivity contribution < 1.29 is 13.5 Å². The highest BCUT2D eigenvalue weighted by Crippen LogP contribution is 2.33. The zero-order valence-corrected chi connectivity index (χ0v) is 12.5. The quantitative estimate of drug-likeness (QED) is 0.764. The average molecular weight is 354 g/mol. The van der Waals surface area contributed by atoms with Gasteiger partial charge in [0.15, 0.2) is 11.6 Å². The lowest BCUT2D eigenvalue weighted by Crippen LogP contribution is -2.04. The van der Waals surface area contributed by atoms with Gasteiger partial charge in [-0.05, 0) is 28.1 Å². The molecule has 2 aromatic carbocycles. The largest absolute Gasteiger partial charge is 0.494 e. The zero-order valence-electron chi connectivity index (χ0n) is 10.9. The van der Waals surface area contributed by atoms with Crippen molar-refractivity contribution in [3.8, 4) is 11.4 Å². The van der Waals surface area contributed by atoms with E-state index in [-0.39, 0.29) is 17.4 Å². The van der Waals surface area contributed by atoms with Crippen molar-refractivity contribution in [1.29, 1.82) is 0 Å². The monoisotopic (exact) mass is 353 g/mol. The Morgan fingerprint density at radius 2 is 2.00 bits per heavy atom. The van der Waals surface area contributed by atoms with Gasteiger partial charge in [0.25, 0.3) is 0 Å². The predicted octanol–water partition coefficient (Wildman–Crippen LogP) is 3.66. The van der Waals surface area contributed by atoms with Crippen LogP contribution in [0, 0.1) is 11.6 Å². The molecule has 2 N–H and O–H groups in total. The van der Waals surface area contributed by atoms with Crippen molar-refractivity contribution in [2.75, 3.05) is 12.8 Å². The molecule has 0 aliphatic rings. The van der Waals surface area contributed by atoms with Crippen molar-refractivity contribution in [3.63, 3.8) is 0 Å². The summed E-state index contributed by atoms with van der Waals surface area (Å²) in [5.41, 5.74) is 6.86. The lowest BCUT2D eigenvalue weighted by atomic mass is 10.2. The Balaban J connectivity index is 2.40. The Morgan fingerprint density at radius 3 is 2.67 bits per heavy atom. The lowest BCUT2D eigenvalue weighted by Gasteiger charge is -2.10. The van der Waals surface area contributed by atoms with Gasteiger partial charge in [-0.2, -0.15) is 0 Å². The highest BCUT2D eigenvalue weighted by Gasteiger charge is 2.18. The van der Waals surface area contributed by atoms with Gasteiger partial charge in [0.1, 0.15) is 5.82 Å². The van der Waals surface area contributed by atoms with Crippen LogP contribution in [-0.4, -0.2) is 16.7 Å². The average Bonchev–Trinajstić information content (AvgIpc) is 2.73. The molecule has 0 saturated heterocycles. The van der Waals surface area contributed by atoms with Gasteiger partial charge in [0.2, 0.25) is 5.95 Å². The summed E-state index contributed by atoms with van der Waals surface area (Å²) < 4.78 is 34.7. The molecule has 1 aromatic heterocycles. The number of aromatic nitrogens is 2. The maximum Gasteiger partial charge on any atom is 0.206 e. The minimum atomic E-state index is -0.553. The first-order chi connectivity index (χ1) is 10.0.